The Labute approximate surface area is 139 Å². The van der Waals surface area contributed by atoms with E-state index in [-0.39, 0.29) is 18.1 Å². The van der Waals surface area contributed by atoms with E-state index in [0.717, 1.165) is 45.7 Å². The second-order valence-corrected chi connectivity index (χ2v) is 6.36. The van der Waals surface area contributed by atoms with Crippen LogP contribution in [0.25, 0.3) is 0 Å². The summed E-state index contributed by atoms with van der Waals surface area (Å²) in [6, 6.07) is 10.6. The molecule has 1 aromatic rings. The quantitative estimate of drug-likeness (QED) is 0.808. The number of carbonyl (C=O) groups excluding carboxylic acids is 1. The third-order valence-corrected chi connectivity index (χ3v) is 4.10. The van der Waals surface area contributed by atoms with Crippen molar-refractivity contribution in [1.29, 1.82) is 0 Å². The maximum absolute atomic E-state index is 12.1. The average molecular weight is 319 g/mol. The molecule has 0 aliphatic carbocycles. The average Bonchev–Trinajstić information content (AvgIpc) is 2.54. The van der Waals surface area contributed by atoms with Crippen molar-refractivity contribution in [3.05, 3.63) is 35.9 Å². The summed E-state index contributed by atoms with van der Waals surface area (Å²) in [5, 5.41) is 6.05. The SMILES string of the molecule is CC(CCc1ccccc1)NC(=O)NC(C)CN1CCOCC1. The van der Waals surface area contributed by atoms with E-state index in [1.807, 2.05) is 25.1 Å². The molecule has 0 spiro atoms. The molecule has 1 fully saturated rings. The van der Waals surface area contributed by atoms with E-state index in [9.17, 15) is 4.79 Å². The minimum absolute atomic E-state index is 0.0775. The molecule has 128 valence electrons. The Kier molecular flexibility index (Phi) is 7.36. The van der Waals surface area contributed by atoms with Gasteiger partial charge in [0.2, 0.25) is 0 Å². The lowest BCUT2D eigenvalue weighted by atomic mass is 10.1. The molecule has 0 radical (unpaired) electrons. The van der Waals surface area contributed by atoms with E-state index in [1.54, 1.807) is 0 Å². The Hall–Kier alpha value is -1.59. The molecule has 1 saturated heterocycles. The summed E-state index contributed by atoms with van der Waals surface area (Å²) in [5.74, 6) is 0. The zero-order valence-electron chi connectivity index (χ0n) is 14.3. The molecule has 1 aromatic carbocycles. The summed E-state index contributed by atoms with van der Waals surface area (Å²) in [4.78, 5) is 14.4. The molecule has 0 saturated carbocycles. The van der Waals surface area contributed by atoms with Gasteiger partial charge in [0.25, 0.3) is 0 Å². The minimum Gasteiger partial charge on any atom is -0.379 e. The molecule has 1 aliphatic rings. The van der Waals surface area contributed by atoms with E-state index < -0.39 is 0 Å². The fraction of sp³-hybridized carbons (Fsp3) is 0.611. The van der Waals surface area contributed by atoms with Crippen molar-refractivity contribution in [2.24, 2.45) is 0 Å². The number of aryl methyl sites for hydroxylation is 1. The van der Waals surface area contributed by atoms with Crippen LogP contribution in [0.3, 0.4) is 0 Å². The van der Waals surface area contributed by atoms with Crippen LogP contribution in [0.5, 0.6) is 0 Å². The van der Waals surface area contributed by atoms with Gasteiger partial charge in [-0.1, -0.05) is 30.3 Å². The summed E-state index contributed by atoms with van der Waals surface area (Å²) < 4.78 is 5.34. The summed E-state index contributed by atoms with van der Waals surface area (Å²) in [5.41, 5.74) is 1.31. The number of urea groups is 1. The number of ether oxygens (including phenoxy) is 1. The Balaban J connectivity index is 1.62. The van der Waals surface area contributed by atoms with Crippen molar-refractivity contribution in [3.8, 4) is 0 Å². The Bertz CT molecular complexity index is 461. The van der Waals surface area contributed by atoms with Gasteiger partial charge in [-0.05, 0) is 32.3 Å². The first kappa shape index (κ1) is 17.8. The number of hydrogen-bond acceptors (Lipinski definition) is 3. The van der Waals surface area contributed by atoms with Crippen molar-refractivity contribution < 1.29 is 9.53 Å². The van der Waals surface area contributed by atoms with Crippen molar-refractivity contribution in [2.75, 3.05) is 32.8 Å². The van der Waals surface area contributed by atoms with Crippen LogP contribution in [0.2, 0.25) is 0 Å². The fourth-order valence-electron chi connectivity index (χ4n) is 2.81. The first-order valence-electron chi connectivity index (χ1n) is 8.54. The second-order valence-electron chi connectivity index (χ2n) is 6.36. The predicted octanol–water partition coefficient (Wildman–Crippen LogP) is 2.03. The Morgan fingerprint density at radius 3 is 2.48 bits per heavy atom. The van der Waals surface area contributed by atoms with Crippen molar-refractivity contribution >= 4 is 6.03 Å². The highest BCUT2D eigenvalue weighted by molar-refractivity contribution is 5.74. The summed E-state index contributed by atoms with van der Waals surface area (Å²) in [6.07, 6.45) is 1.92. The highest BCUT2D eigenvalue weighted by atomic mass is 16.5. The molecule has 0 aromatic heterocycles. The van der Waals surface area contributed by atoms with Crippen LogP contribution in [0, 0.1) is 0 Å². The third-order valence-electron chi connectivity index (χ3n) is 4.10. The van der Waals surface area contributed by atoms with Gasteiger partial charge in [-0.15, -0.1) is 0 Å². The first-order valence-corrected chi connectivity index (χ1v) is 8.54. The van der Waals surface area contributed by atoms with Gasteiger partial charge < -0.3 is 15.4 Å². The number of carbonyl (C=O) groups is 1. The van der Waals surface area contributed by atoms with Crippen molar-refractivity contribution in [3.63, 3.8) is 0 Å². The number of rotatable bonds is 7. The van der Waals surface area contributed by atoms with E-state index >= 15 is 0 Å². The summed E-state index contributed by atoms with van der Waals surface area (Å²) in [6.45, 7) is 8.43. The molecule has 2 rings (SSSR count). The van der Waals surface area contributed by atoms with Crippen LogP contribution in [0.1, 0.15) is 25.8 Å². The fourth-order valence-corrected chi connectivity index (χ4v) is 2.81. The molecule has 1 heterocycles. The van der Waals surface area contributed by atoms with Gasteiger partial charge in [0, 0.05) is 31.7 Å². The van der Waals surface area contributed by atoms with E-state index in [1.165, 1.54) is 5.56 Å². The normalized spacial score (nSPS) is 18.2. The molecule has 2 N–H and O–H groups in total. The number of benzene rings is 1. The lowest BCUT2D eigenvalue weighted by Gasteiger charge is -2.29. The first-order chi connectivity index (χ1) is 11.1. The van der Waals surface area contributed by atoms with Crippen molar-refractivity contribution in [2.45, 2.75) is 38.8 Å². The topological polar surface area (TPSA) is 53.6 Å². The van der Waals surface area contributed by atoms with E-state index in [2.05, 4.69) is 34.6 Å². The van der Waals surface area contributed by atoms with Crippen LogP contribution in [0.15, 0.2) is 30.3 Å². The second kappa shape index (κ2) is 9.53. The molecule has 0 bridgehead atoms. The molecule has 2 unspecified atom stereocenters. The lowest BCUT2D eigenvalue weighted by Crippen LogP contribution is -2.50. The van der Waals surface area contributed by atoms with Crippen LogP contribution < -0.4 is 10.6 Å². The number of nitrogens with one attached hydrogen (secondary N) is 2. The molecule has 5 heteroatoms. The molecule has 1 aliphatic heterocycles. The predicted molar refractivity (Wildman–Crippen MR) is 92.6 cm³/mol. The van der Waals surface area contributed by atoms with Crippen LogP contribution in [0.4, 0.5) is 4.79 Å². The number of amides is 2. The molecular formula is C18H29N3O2. The molecular weight excluding hydrogens is 290 g/mol. The maximum atomic E-state index is 12.1. The maximum Gasteiger partial charge on any atom is 0.315 e. The Morgan fingerprint density at radius 1 is 1.13 bits per heavy atom. The monoisotopic (exact) mass is 319 g/mol. The standard InChI is InChI=1S/C18H29N3O2/c1-15(8-9-17-6-4-3-5-7-17)19-18(22)20-16(2)14-21-10-12-23-13-11-21/h3-7,15-16H,8-14H2,1-2H3,(H2,19,20,22). The van der Waals surface area contributed by atoms with Gasteiger partial charge in [-0.25, -0.2) is 4.79 Å². The zero-order valence-corrected chi connectivity index (χ0v) is 14.3. The smallest absolute Gasteiger partial charge is 0.315 e. The van der Waals surface area contributed by atoms with Crippen LogP contribution in [-0.4, -0.2) is 55.9 Å². The number of morpholine rings is 1. The van der Waals surface area contributed by atoms with Crippen molar-refractivity contribution in [1.82, 2.24) is 15.5 Å². The van der Waals surface area contributed by atoms with Crippen LogP contribution >= 0.6 is 0 Å². The van der Waals surface area contributed by atoms with E-state index in [4.69, 9.17) is 4.74 Å². The van der Waals surface area contributed by atoms with Gasteiger partial charge >= 0.3 is 6.03 Å². The molecule has 23 heavy (non-hydrogen) atoms. The van der Waals surface area contributed by atoms with Gasteiger partial charge in [0.1, 0.15) is 0 Å². The molecule has 2 amide bonds. The molecule has 5 nitrogen and oxygen atoms in total. The minimum atomic E-state index is -0.0775. The van der Waals surface area contributed by atoms with Gasteiger partial charge in [-0.2, -0.15) is 0 Å². The molecule has 2 atom stereocenters. The largest absolute Gasteiger partial charge is 0.379 e. The van der Waals surface area contributed by atoms with E-state index in [0.29, 0.717) is 0 Å². The number of hydrogen-bond donors (Lipinski definition) is 2. The highest BCUT2D eigenvalue weighted by Gasteiger charge is 2.15. The lowest BCUT2D eigenvalue weighted by molar-refractivity contribution is 0.0349. The van der Waals surface area contributed by atoms with Gasteiger partial charge in [-0.3, -0.25) is 4.90 Å². The van der Waals surface area contributed by atoms with Gasteiger partial charge in [0.05, 0.1) is 13.2 Å². The summed E-state index contributed by atoms with van der Waals surface area (Å²) in [7, 11) is 0. The zero-order chi connectivity index (χ0) is 16.5. The third kappa shape index (κ3) is 7.01. The summed E-state index contributed by atoms with van der Waals surface area (Å²) >= 11 is 0. The van der Waals surface area contributed by atoms with Gasteiger partial charge in [0.15, 0.2) is 0 Å². The van der Waals surface area contributed by atoms with Crippen LogP contribution in [-0.2, 0) is 11.2 Å². The Morgan fingerprint density at radius 2 is 1.78 bits per heavy atom. The highest BCUT2D eigenvalue weighted by Crippen LogP contribution is 2.05. The number of nitrogens with zero attached hydrogens (tertiary/aromatic N) is 1.